The minimum absolute atomic E-state index is 0.0984. The normalized spacial score (nSPS) is 21.6. The van der Waals surface area contributed by atoms with E-state index in [2.05, 4.69) is 5.32 Å². The third kappa shape index (κ3) is 2.33. The molecule has 0 radical (unpaired) electrons. The van der Waals surface area contributed by atoms with E-state index in [-0.39, 0.29) is 11.8 Å². The summed E-state index contributed by atoms with van der Waals surface area (Å²) in [4.78, 5) is 11.8. The molecule has 0 saturated heterocycles. The van der Waals surface area contributed by atoms with Gasteiger partial charge < -0.3 is 5.32 Å². The maximum atomic E-state index is 11.8. The summed E-state index contributed by atoms with van der Waals surface area (Å²) in [6.45, 7) is 3.94. The van der Waals surface area contributed by atoms with Crippen molar-refractivity contribution in [2.45, 2.75) is 24.6 Å². The molecule has 1 fully saturated rings. The molecule has 1 saturated carbocycles. The molecule has 16 heavy (non-hydrogen) atoms. The third-order valence-electron chi connectivity index (χ3n) is 2.79. The Morgan fingerprint density at radius 1 is 1.44 bits per heavy atom. The Balaban J connectivity index is 2.10. The second-order valence-electron chi connectivity index (χ2n) is 4.33. The largest absolute Gasteiger partial charge is 0.326 e. The number of carbonyl (C=O) groups is 1. The van der Waals surface area contributed by atoms with E-state index >= 15 is 0 Å². The zero-order valence-corrected chi connectivity index (χ0v) is 10.7. The van der Waals surface area contributed by atoms with Crippen LogP contribution >= 0.6 is 23.2 Å². The SMILES string of the molecule is Cc1ccc(C)c(NC(=O)[C@@H]2CC2(Cl)Cl)c1. The molecule has 1 amide bonds. The van der Waals surface area contributed by atoms with Crippen molar-refractivity contribution in [3.63, 3.8) is 0 Å². The van der Waals surface area contributed by atoms with E-state index in [4.69, 9.17) is 23.2 Å². The Hall–Kier alpha value is -0.730. The van der Waals surface area contributed by atoms with Crippen molar-refractivity contribution in [2.24, 2.45) is 5.92 Å². The first-order chi connectivity index (χ1) is 7.40. The van der Waals surface area contributed by atoms with Crippen molar-refractivity contribution in [1.82, 2.24) is 0 Å². The third-order valence-corrected chi connectivity index (χ3v) is 3.63. The van der Waals surface area contributed by atoms with Gasteiger partial charge in [0, 0.05) is 5.69 Å². The molecule has 0 unspecified atom stereocenters. The van der Waals surface area contributed by atoms with E-state index in [1.165, 1.54) is 0 Å². The van der Waals surface area contributed by atoms with Gasteiger partial charge >= 0.3 is 0 Å². The van der Waals surface area contributed by atoms with Gasteiger partial charge in [-0.25, -0.2) is 0 Å². The number of benzene rings is 1. The Morgan fingerprint density at radius 2 is 2.06 bits per heavy atom. The average molecular weight is 258 g/mol. The number of aryl methyl sites for hydroxylation is 2. The van der Waals surface area contributed by atoms with Gasteiger partial charge in [-0.15, -0.1) is 23.2 Å². The van der Waals surface area contributed by atoms with Crippen molar-refractivity contribution in [3.05, 3.63) is 29.3 Å². The van der Waals surface area contributed by atoms with Crippen LogP contribution in [-0.4, -0.2) is 10.2 Å². The second-order valence-corrected chi connectivity index (χ2v) is 5.87. The van der Waals surface area contributed by atoms with E-state index in [0.717, 1.165) is 16.8 Å². The topological polar surface area (TPSA) is 29.1 Å². The van der Waals surface area contributed by atoms with Crippen LogP contribution in [0.2, 0.25) is 0 Å². The highest BCUT2D eigenvalue weighted by Gasteiger charge is 2.56. The van der Waals surface area contributed by atoms with Gasteiger partial charge in [-0.05, 0) is 37.5 Å². The number of nitrogens with one attached hydrogen (secondary N) is 1. The fourth-order valence-corrected chi connectivity index (χ4v) is 2.09. The van der Waals surface area contributed by atoms with Crippen LogP contribution in [0.4, 0.5) is 5.69 Å². The predicted octanol–water partition coefficient (Wildman–Crippen LogP) is 3.44. The van der Waals surface area contributed by atoms with E-state index in [1.807, 2.05) is 32.0 Å². The molecule has 0 aromatic heterocycles. The van der Waals surface area contributed by atoms with Gasteiger partial charge in [0.1, 0.15) is 4.33 Å². The molecule has 2 nitrogen and oxygen atoms in total. The summed E-state index contributed by atoms with van der Waals surface area (Å²) in [7, 11) is 0. The first-order valence-corrected chi connectivity index (χ1v) is 5.92. The Bertz CT molecular complexity index is 443. The van der Waals surface area contributed by atoms with Gasteiger partial charge in [-0.3, -0.25) is 4.79 Å². The van der Waals surface area contributed by atoms with E-state index in [1.54, 1.807) is 0 Å². The smallest absolute Gasteiger partial charge is 0.230 e. The summed E-state index contributed by atoms with van der Waals surface area (Å²) < 4.78 is -0.859. The average Bonchev–Trinajstić information content (AvgIpc) is 2.82. The first-order valence-electron chi connectivity index (χ1n) is 5.16. The van der Waals surface area contributed by atoms with Crippen LogP contribution in [-0.2, 0) is 4.79 Å². The van der Waals surface area contributed by atoms with Crippen LogP contribution in [0.5, 0.6) is 0 Å². The number of carbonyl (C=O) groups excluding carboxylic acids is 1. The Kier molecular flexibility index (Phi) is 2.89. The number of alkyl halides is 2. The minimum atomic E-state index is -0.859. The van der Waals surface area contributed by atoms with Crippen molar-refractivity contribution < 1.29 is 4.79 Å². The highest BCUT2D eigenvalue weighted by molar-refractivity contribution is 6.52. The van der Waals surface area contributed by atoms with Gasteiger partial charge in [0.2, 0.25) is 5.91 Å². The Labute approximate surface area is 105 Å². The molecule has 4 heteroatoms. The molecule has 0 spiro atoms. The molecule has 1 N–H and O–H groups in total. The van der Waals surface area contributed by atoms with Crippen LogP contribution in [0.1, 0.15) is 17.5 Å². The molecule has 1 aliphatic carbocycles. The first kappa shape index (κ1) is 11.7. The van der Waals surface area contributed by atoms with Gasteiger partial charge in [-0.1, -0.05) is 12.1 Å². The van der Waals surface area contributed by atoms with E-state index < -0.39 is 4.33 Å². The molecule has 0 bridgehead atoms. The zero-order valence-electron chi connectivity index (χ0n) is 9.18. The number of anilines is 1. The van der Waals surface area contributed by atoms with Crippen molar-refractivity contribution in [2.75, 3.05) is 5.32 Å². The standard InChI is InChI=1S/C12H13Cl2NO/c1-7-3-4-8(2)10(5-7)15-11(16)9-6-12(9,13)14/h3-5,9H,6H2,1-2H3,(H,15,16)/t9-/m0/s1. The summed E-state index contributed by atoms with van der Waals surface area (Å²) in [6, 6.07) is 5.93. The molecular formula is C12H13Cl2NO. The fourth-order valence-electron chi connectivity index (χ4n) is 1.59. The van der Waals surface area contributed by atoms with Crippen molar-refractivity contribution in [3.8, 4) is 0 Å². The van der Waals surface area contributed by atoms with Gasteiger partial charge in [-0.2, -0.15) is 0 Å². The second kappa shape index (κ2) is 3.94. The number of rotatable bonds is 2. The number of halogens is 2. The summed E-state index contributed by atoms with van der Waals surface area (Å²) in [6.07, 6.45) is 0.535. The molecule has 86 valence electrons. The molecule has 0 heterocycles. The summed E-state index contributed by atoms with van der Waals surface area (Å²) in [5.41, 5.74) is 2.98. The van der Waals surface area contributed by atoms with Gasteiger partial charge in [0.15, 0.2) is 0 Å². The molecule has 1 aromatic rings. The predicted molar refractivity (Wildman–Crippen MR) is 67.1 cm³/mol. The minimum Gasteiger partial charge on any atom is -0.326 e. The molecule has 2 rings (SSSR count). The molecule has 1 aromatic carbocycles. The molecular weight excluding hydrogens is 245 g/mol. The van der Waals surface area contributed by atoms with Crippen molar-refractivity contribution >= 4 is 34.8 Å². The zero-order chi connectivity index (χ0) is 11.9. The molecule has 0 aliphatic heterocycles. The van der Waals surface area contributed by atoms with Crippen molar-refractivity contribution in [1.29, 1.82) is 0 Å². The van der Waals surface area contributed by atoms with Crippen LogP contribution in [0.25, 0.3) is 0 Å². The van der Waals surface area contributed by atoms with Crippen LogP contribution in [0.15, 0.2) is 18.2 Å². The van der Waals surface area contributed by atoms with E-state index in [0.29, 0.717) is 6.42 Å². The number of hydrogen-bond donors (Lipinski definition) is 1. The summed E-state index contributed by atoms with van der Waals surface area (Å²) >= 11 is 11.7. The monoisotopic (exact) mass is 257 g/mol. The highest BCUT2D eigenvalue weighted by atomic mass is 35.5. The van der Waals surface area contributed by atoms with Crippen LogP contribution in [0, 0.1) is 19.8 Å². The van der Waals surface area contributed by atoms with E-state index in [9.17, 15) is 4.79 Å². The molecule has 1 aliphatic rings. The summed E-state index contributed by atoms with van der Waals surface area (Å²) in [5.74, 6) is -0.380. The van der Waals surface area contributed by atoms with Gasteiger partial charge in [0.25, 0.3) is 0 Å². The lowest BCUT2D eigenvalue weighted by Crippen LogP contribution is -2.17. The Morgan fingerprint density at radius 3 is 2.62 bits per heavy atom. The lowest BCUT2D eigenvalue weighted by atomic mass is 10.1. The van der Waals surface area contributed by atoms with Gasteiger partial charge in [0.05, 0.1) is 5.92 Å². The number of hydrogen-bond acceptors (Lipinski definition) is 1. The lowest BCUT2D eigenvalue weighted by molar-refractivity contribution is -0.117. The van der Waals surface area contributed by atoms with Crippen LogP contribution < -0.4 is 5.32 Å². The maximum absolute atomic E-state index is 11.8. The summed E-state index contributed by atoms with van der Waals surface area (Å²) in [5, 5.41) is 2.86. The lowest BCUT2D eigenvalue weighted by Gasteiger charge is -2.09. The quantitative estimate of drug-likeness (QED) is 0.809. The van der Waals surface area contributed by atoms with Crippen LogP contribution in [0.3, 0.4) is 0 Å². The highest BCUT2D eigenvalue weighted by Crippen LogP contribution is 2.53. The maximum Gasteiger partial charge on any atom is 0.230 e. The number of amides is 1. The molecule has 1 atom stereocenters. The fraction of sp³-hybridized carbons (Fsp3) is 0.417.